The van der Waals surface area contributed by atoms with Gasteiger partial charge in [-0.1, -0.05) is 41.9 Å². The Labute approximate surface area is 141 Å². The fourth-order valence-electron chi connectivity index (χ4n) is 2.11. The fraction of sp³-hybridized carbons (Fsp3) is 0.0588. The Balaban J connectivity index is 1.97. The van der Waals surface area contributed by atoms with E-state index in [1.165, 1.54) is 18.2 Å². The standard InChI is InChI=1S/C17H10ClF2NO3/c18-12-7-3-2-6-11(12)15-21-13(16(22)24-15)9-10-5-1-4-8-14(10)23-17(19)20/h1-9,17H/b13-9+. The molecule has 1 aliphatic heterocycles. The number of cyclic esters (lactones) is 1. The Morgan fingerprint density at radius 2 is 1.83 bits per heavy atom. The molecule has 0 unspecified atom stereocenters. The van der Waals surface area contributed by atoms with Crippen LogP contribution in [0.5, 0.6) is 5.75 Å². The van der Waals surface area contributed by atoms with Crippen molar-refractivity contribution < 1.29 is 23.0 Å². The molecule has 4 nitrogen and oxygen atoms in total. The minimum absolute atomic E-state index is 0.0322. The van der Waals surface area contributed by atoms with Crippen molar-refractivity contribution >= 4 is 29.5 Å². The number of ether oxygens (including phenoxy) is 2. The van der Waals surface area contributed by atoms with Crippen LogP contribution in [0.2, 0.25) is 5.02 Å². The summed E-state index contributed by atoms with van der Waals surface area (Å²) >= 11 is 6.05. The van der Waals surface area contributed by atoms with Crippen LogP contribution in [0, 0.1) is 0 Å². The average molecular weight is 350 g/mol. The van der Waals surface area contributed by atoms with E-state index in [0.717, 1.165) is 0 Å². The molecule has 7 heteroatoms. The molecule has 0 fully saturated rings. The number of hydrogen-bond donors (Lipinski definition) is 0. The first-order valence-electron chi connectivity index (χ1n) is 6.86. The molecule has 1 heterocycles. The van der Waals surface area contributed by atoms with E-state index in [4.69, 9.17) is 16.3 Å². The molecule has 0 saturated heterocycles. The molecule has 0 N–H and O–H groups in total. The number of benzene rings is 2. The Hall–Kier alpha value is -2.73. The maximum Gasteiger partial charge on any atom is 0.387 e. The molecule has 3 rings (SSSR count). The SMILES string of the molecule is O=C1OC(c2ccccc2Cl)=N/C1=C/c1ccccc1OC(F)F. The van der Waals surface area contributed by atoms with Crippen molar-refractivity contribution in [2.24, 2.45) is 4.99 Å². The van der Waals surface area contributed by atoms with Crippen molar-refractivity contribution in [1.82, 2.24) is 0 Å². The molecule has 0 atom stereocenters. The van der Waals surface area contributed by atoms with Crippen LogP contribution in [0.25, 0.3) is 6.08 Å². The highest BCUT2D eigenvalue weighted by Crippen LogP contribution is 2.27. The van der Waals surface area contributed by atoms with Gasteiger partial charge in [-0.3, -0.25) is 0 Å². The molecule has 0 aromatic heterocycles. The summed E-state index contributed by atoms with van der Waals surface area (Å²) in [5.74, 6) is -0.699. The maximum absolute atomic E-state index is 12.4. The molecule has 1 aliphatic rings. The van der Waals surface area contributed by atoms with Gasteiger partial charge in [0.15, 0.2) is 5.70 Å². The molecular formula is C17H10ClF2NO3. The van der Waals surface area contributed by atoms with Crippen LogP contribution in [-0.2, 0) is 9.53 Å². The summed E-state index contributed by atoms with van der Waals surface area (Å²) in [7, 11) is 0. The Kier molecular flexibility index (Phi) is 4.57. The molecule has 0 saturated carbocycles. The third kappa shape index (κ3) is 3.44. The summed E-state index contributed by atoms with van der Waals surface area (Å²) in [5, 5.41) is 0.381. The number of esters is 1. The molecular weight excluding hydrogens is 340 g/mol. The molecule has 24 heavy (non-hydrogen) atoms. The predicted molar refractivity (Wildman–Crippen MR) is 85.1 cm³/mol. The number of carbonyl (C=O) groups is 1. The highest BCUT2D eigenvalue weighted by atomic mass is 35.5. The van der Waals surface area contributed by atoms with Gasteiger partial charge in [0.25, 0.3) is 0 Å². The first kappa shape index (κ1) is 16.1. The van der Waals surface area contributed by atoms with Crippen molar-refractivity contribution in [1.29, 1.82) is 0 Å². The Morgan fingerprint density at radius 1 is 1.12 bits per heavy atom. The van der Waals surface area contributed by atoms with Crippen LogP contribution in [0.1, 0.15) is 11.1 Å². The van der Waals surface area contributed by atoms with Gasteiger partial charge in [0, 0.05) is 5.56 Å². The van der Waals surface area contributed by atoms with Gasteiger partial charge in [-0.25, -0.2) is 9.79 Å². The van der Waals surface area contributed by atoms with Crippen LogP contribution in [0.4, 0.5) is 8.78 Å². The number of nitrogens with zero attached hydrogens (tertiary/aromatic N) is 1. The summed E-state index contributed by atoms with van der Waals surface area (Å²) in [6.07, 6.45) is 1.32. The van der Waals surface area contributed by atoms with Gasteiger partial charge in [0.05, 0.1) is 10.6 Å². The first-order chi connectivity index (χ1) is 11.5. The number of hydrogen-bond acceptors (Lipinski definition) is 4. The van der Waals surface area contributed by atoms with Crippen molar-refractivity contribution in [2.75, 3.05) is 0 Å². The third-order valence-corrected chi connectivity index (χ3v) is 3.48. The fourth-order valence-corrected chi connectivity index (χ4v) is 2.33. The zero-order chi connectivity index (χ0) is 17.1. The van der Waals surface area contributed by atoms with Crippen molar-refractivity contribution in [3.05, 3.63) is 70.4 Å². The number of alkyl halides is 2. The van der Waals surface area contributed by atoms with Crippen LogP contribution in [0.3, 0.4) is 0 Å². The monoisotopic (exact) mass is 349 g/mol. The lowest BCUT2D eigenvalue weighted by Gasteiger charge is -2.07. The molecule has 0 amide bonds. The summed E-state index contributed by atoms with van der Waals surface area (Å²) in [6.45, 7) is -2.97. The normalized spacial score (nSPS) is 15.6. The Morgan fingerprint density at radius 3 is 2.58 bits per heavy atom. The summed E-state index contributed by atoms with van der Waals surface area (Å²) in [6, 6.07) is 12.8. The number of aliphatic imine (C=N–C) groups is 1. The highest BCUT2D eigenvalue weighted by Gasteiger charge is 2.25. The van der Waals surface area contributed by atoms with Crippen LogP contribution < -0.4 is 4.74 Å². The van der Waals surface area contributed by atoms with E-state index < -0.39 is 12.6 Å². The zero-order valence-corrected chi connectivity index (χ0v) is 12.8. The van der Waals surface area contributed by atoms with Gasteiger partial charge in [-0.05, 0) is 24.3 Å². The lowest BCUT2D eigenvalue weighted by atomic mass is 10.1. The largest absolute Gasteiger partial charge is 0.434 e. The van der Waals surface area contributed by atoms with Gasteiger partial charge in [-0.15, -0.1) is 0 Å². The lowest BCUT2D eigenvalue weighted by Crippen LogP contribution is -2.06. The van der Waals surface area contributed by atoms with Crippen LogP contribution in [0.15, 0.2) is 59.2 Å². The third-order valence-electron chi connectivity index (χ3n) is 3.15. The van der Waals surface area contributed by atoms with E-state index in [2.05, 4.69) is 9.73 Å². The molecule has 0 radical (unpaired) electrons. The summed E-state index contributed by atoms with van der Waals surface area (Å²) in [5.41, 5.74) is 0.720. The Bertz CT molecular complexity index is 849. The second-order valence-corrected chi connectivity index (χ2v) is 5.14. The van der Waals surface area contributed by atoms with Gasteiger partial charge in [-0.2, -0.15) is 8.78 Å². The number of carbonyl (C=O) groups excluding carboxylic acids is 1. The minimum Gasteiger partial charge on any atom is -0.434 e. The van der Waals surface area contributed by atoms with E-state index in [9.17, 15) is 13.6 Å². The second kappa shape index (κ2) is 6.80. The zero-order valence-electron chi connectivity index (χ0n) is 12.1. The van der Waals surface area contributed by atoms with Gasteiger partial charge < -0.3 is 9.47 Å². The molecule has 2 aromatic carbocycles. The van der Waals surface area contributed by atoms with E-state index in [1.54, 1.807) is 36.4 Å². The van der Waals surface area contributed by atoms with E-state index in [0.29, 0.717) is 10.6 Å². The predicted octanol–water partition coefficient (Wildman–Crippen LogP) is 4.29. The van der Waals surface area contributed by atoms with E-state index in [1.807, 2.05) is 0 Å². The van der Waals surface area contributed by atoms with Gasteiger partial charge in [0.1, 0.15) is 5.75 Å². The second-order valence-electron chi connectivity index (χ2n) is 4.73. The molecule has 0 spiro atoms. The molecule has 0 bridgehead atoms. The highest BCUT2D eigenvalue weighted by molar-refractivity contribution is 6.34. The first-order valence-corrected chi connectivity index (χ1v) is 7.23. The average Bonchev–Trinajstić information content (AvgIpc) is 2.90. The van der Waals surface area contributed by atoms with Crippen molar-refractivity contribution in [3.63, 3.8) is 0 Å². The van der Waals surface area contributed by atoms with E-state index in [-0.39, 0.29) is 22.9 Å². The molecule has 0 aliphatic carbocycles. The van der Waals surface area contributed by atoms with Crippen LogP contribution >= 0.6 is 11.6 Å². The number of rotatable bonds is 4. The number of para-hydroxylation sites is 1. The lowest BCUT2D eigenvalue weighted by molar-refractivity contribution is -0.129. The van der Waals surface area contributed by atoms with E-state index >= 15 is 0 Å². The quantitative estimate of drug-likeness (QED) is 0.611. The summed E-state index contributed by atoms with van der Waals surface area (Å²) < 4.78 is 34.4. The van der Waals surface area contributed by atoms with Crippen molar-refractivity contribution in [3.8, 4) is 5.75 Å². The number of halogens is 3. The van der Waals surface area contributed by atoms with Crippen molar-refractivity contribution in [2.45, 2.75) is 6.61 Å². The smallest absolute Gasteiger partial charge is 0.387 e. The van der Waals surface area contributed by atoms with Gasteiger partial charge >= 0.3 is 12.6 Å². The summed E-state index contributed by atoms with van der Waals surface area (Å²) in [4.78, 5) is 16.1. The maximum atomic E-state index is 12.4. The van der Waals surface area contributed by atoms with Crippen LogP contribution in [-0.4, -0.2) is 18.5 Å². The topological polar surface area (TPSA) is 47.9 Å². The molecule has 122 valence electrons. The molecule has 2 aromatic rings. The minimum atomic E-state index is -2.97. The van der Waals surface area contributed by atoms with Gasteiger partial charge in [0.2, 0.25) is 5.90 Å².